The van der Waals surface area contributed by atoms with Crippen molar-refractivity contribution >= 4 is 29.2 Å². The first-order valence-electron chi connectivity index (χ1n) is 7.61. The normalized spacial score (nSPS) is 24.2. The molecular weight excluding hydrogens is 334 g/mol. The third-order valence-corrected chi connectivity index (χ3v) is 4.37. The van der Waals surface area contributed by atoms with Crippen LogP contribution in [0.3, 0.4) is 0 Å². The summed E-state index contributed by atoms with van der Waals surface area (Å²) < 4.78 is 15.9. The van der Waals surface area contributed by atoms with Gasteiger partial charge in [0.1, 0.15) is 0 Å². The van der Waals surface area contributed by atoms with Crippen LogP contribution in [0.1, 0.15) is 25.6 Å². The molecule has 0 amide bonds. The summed E-state index contributed by atoms with van der Waals surface area (Å²) in [6.07, 6.45) is -2.19. The topological polar surface area (TPSA) is 82.1 Å². The Hall–Kier alpha value is -1.93. The fraction of sp³-hybridized carbons (Fsp3) is 0.562. The van der Waals surface area contributed by atoms with Crippen LogP contribution in [-0.2, 0) is 35.1 Å². The lowest BCUT2D eigenvalue weighted by Crippen LogP contribution is -2.58. The second-order valence-corrected chi connectivity index (χ2v) is 6.68. The number of thiophene rings is 1. The monoisotopic (exact) mass is 355 g/mol. The Balaban J connectivity index is 2.18. The molecule has 0 aromatic carbocycles. The van der Waals surface area contributed by atoms with E-state index in [1.807, 2.05) is 22.4 Å². The zero-order valence-electron chi connectivity index (χ0n) is 13.9. The Kier molecular flexibility index (Phi) is 6.33. The van der Waals surface area contributed by atoms with Crippen molar-refractivity contribution in [3.05, 3.63) is 22.4 Å². The average Bonchev–Trinajstić information content (AvgIpc) is 2.94. The van der Waals surface area contributed by atoms with Crippen molar-refractivity contribution in [3.63, 3.8) is 0 Å². The fourth-order valence-electron chi connectivity index (χ4n) is 2.76. The lowest BCUT2D eigenvalue weighted by molar-refractivity contribution is -0.195. The number of piperidine rings is 1. The molecule has 132 valence electrons. The maximum atomic E-state index is 11.4. The van der Waals surface area contributed by atoms with Gasteiger partial charge in [-0.2, -0.15) is 0 Å². The van der Waals surface area contributed by atoms with Gasteiger partial charge in [-0.25, -0.2) is 0 Å². The molecule has 1 saturated heterocycles. The number of carbonyl (C=O) groups is 3. The van der Waals surface area contributed by atoms with Crippen LogP contribution < -0.4 is 0 Å². The van der Waals surface area contributed by atoms with Crippen LogP contribution in [0.15, 0.2) is 17.5 Å². The van der Waals surface area contributed by atoms with Gasteiger partial charge in [0.2, 0.25) is 0 Å². The van der Waals surface area contributed by atoms with Crippen molar-refractivity contribution in [2.75, 3.05) is 13.1 Å². The molecule has 0 saturated carbocycles. The molecule has 0 spiro atoms. The van der Waals surface area contributed by atoms with Gasteiger partial charge >= 0.3 is 17.9 Å². The molecule has 2 rings (SSSR count). The van der Waals surface area contributed by atoms with Crippen molar-refractivity contribution in [2.45, 2.75) is 45.6 Å². The molecule has 0 bridgehead atoms. The maximum Gasteiger partial charge on any atom is 0.303 e. The molecule has 1 aliphatic heterocycles. The first kappa shape index (κ1) is 18.4. The molecule has 2 heterocycles. The second-order valence-electron chi connectivity index (χ2n) is 5.64. The Morgan fingerprint density at radius 3 is 2.00 bits per heavy atom. The smallest absolute Gasteiger partial charge is 0.303 e. The molecule has 0 N–H and O–H groups in total. The summed E-state index contributed by atoms with van der Waals surface area (Å²) in [6.45, 7) is 5.29. The average molecular weight is 355 g/mol. The summed E-state index contributed by atoms with van der Waals surface area (Å²) in [4.78, 5) is 37.4. The standard InChI is InChI=1S/C16H21NO6S/c1-10(18)21-14-8-17(7-13-5-4-6-24-13)9-15(22-11(2)19)16(14)23-12(3)20/h4-6,14-16H,7-9H2,1-3H3. The molecule has 2 unspecified atom stereocenters. The van der Waals surface area contributed by atoms with E-state index in [1.54, 1.807) is 11.3 Å². The van der Waals surface area contributed by atoms with E-state index < -0.39 is 36.2 Å². The Bertz CT molecular complexity index is 561. The summed E-state index contributed by atoms with van der Waals surface area (Å²) in [5.41, 5.74) is 0. The number of ether oxygens (including phenoxy) is 3. The fourth-order valence-corrected chi connectivity index (χ4v) is 3.51. The zero-order valence-corrected chi connectivity index (χ0v) is 14.7. The van der Waals surface area contributed by atoms with E-state index in [4.69, 9.17) is 14.2 Å². The quantitative estimate of drug-likeness (QED) is 0.582. The summed E-state index contributed by atoms with van der Waals surface area (Å²) in [7, 11) is 0. The van der Waals surface area contributed by atoms with E-state index >= 15 is 0 Å². The molecular formula is C16H21NO6S. The van der Waals surface area contributed by atoms with Crippen LogP contribution in [-0.4, -0.2) is 54.2 Å². The van der Waals surface area contributed by atoms with E-state index in [0.717, 1.165) is 4.88 Å². The highest BCUT2D eigenvalue weighted by Gasteiger charge is 2.43. The van der Waals surface area contributed by atoms with Crippen molar-refractivity contribution in [2.24, 2.45) is 0 Å². The minimum atomic E-state index is -0.810. The van der Waals surface area contributed by atoms with E-state index in [9.17, 15) is 14.4 Å². The van der Waals surface area contributed by atoms with Crippen molar-refractivity contribution < 1.29 is 28.6 Å². The van der Waals surface area contributed by atoms with Gasteiger partial charge in [-0.3, -0.25) is 19.3 Å². The van der Waals surface area contributed by atoms with E-state index in [-0.39, 0.29) is 0 Å². The molecule has 24 heavy (non-hydrogen) atoms. The van der Waals surface area contributed by atoms with Crippen molar-refractivity contribution in [1.82, 2.24) is 4.90 Å². The largest absolute Gasteiger partial charge is 0.457 e. The van der Waals surface area contributed by atoms with Crippen molar-refractivity contribution in [1.29, 1.82) is 0 Å². The van der Waals surface area contributed by atoms with Crippen LogP contribution in [0, 0.1) is 0 Å². The third-order valence-electron chi connectivity index (χ3n) is 3.51. The third kappa shape index (κ3) is 5.31. The molecule has 8 heteroatoms. The highest BCUT2D eigenvalue weighted by Crippen LogP contribution is 2.24. The van der Waals surface area contributed by atoms with Crippen LogP contribution in [0.4, 0.5) is 0 Å². The van der Waals surface area contributed by atoms with E-state index in [1.165, 1.54) is 20.8 Å². The van der Waals surface area contributed by atoms with Crippen LogP contribution >= 0.6 is 11.3 Å². The summed E-state index contributed by atoms with van der Waals surface area (Å²) >= 11 is 1.62. The molecule has 1 aliphatic rings. The zero-order chi connectivity index (χ0) is 17.7. The summed E-state index contributed by atoms with van der Waals surface area (Å²) in [5.74, 6) is -1.46. The van der Waals surface area contributed by atoms with Gasteiger partial charge in [-0.1, -0.05) is 6.07 Å². The van der Waals surface area contributed by atoms with Crippen LogP contribution in [0.5, 0.6) is 0 Å². The summed E-state index contributed by atoms with van der Waals surface area (Å²) in [5, 5.41) is 1.98. The van der Waals surface area contributed by atoms with E-state index in [0.29, 0.717) is 19.6 Å². The van der Waals surface area contributed by atoms with Gasteiger partial charge in [0.05, 0.1) is 0 Å². The predicted molar refractivity (Wildman–Crippen MR) is 86.3 cm³/mol. The van der Waals surface area contributed by atoms with Gasteiger partial charge in [-0.05, 0) is 11.4 Å². The Morgan fingerprint density at radius 1 is 1.04 bits per heavy atom. The Morgan fingerprint density at radius 2 is 1.58 bits per heavy atom. The maximum absolute atomic E-state index is 11.4. The lowest BCUT2D eigenvalue weighted by atomic mass is 10.0. The minimum absolute atomic E-state index is 0.396. The van der Waals surface area contributed by atoms with Gasteiger partial charge in [0, 0.05) is 45.3 Å². The minimum Gasteiger partial charge on any atom is -0.457 e. The first-order chi connectivity index (χ1) is 11.3. The highest BCUT2D eigenvalue weighted by molar-refractivity contribution is 7.09. The van der Waals surface area contributed by atoms with Gasteiger partial charge in [0.15, 0.2) is 18.3 Å². The van der Waals surface area contributed by atoms with Gasteiger partial charge < -0.3 is 14.2 Å². The number of nitrogens with zero attached hydrogens (tertiary/aromatic N) is 1. The molecule has 2 atom stereocenters. The Labute approximate surface area is 144 Å². The number of carbonyl (C=O) groups excluding carboxylic acids is 3. The predicted octanol–water partition coefficient (Wildman–Crippen LogP) is 1.36. The highest BCUT2D eigenvalue weighted by atomic mass is 32.1. The second kappa shape index (κ2) is 8.25. The molecule has 1 fully saturated rings. The number of hydrogen-bond acceptors (Lipinski definition) is 8. The molecule has 0 aliphatic carbocycles. The number of hydrogen-bond donors (Lipinski definition) is 0. The van der Waals surface area contributed by atoms with Gasteiger partial charge in [-0.15, -0.1) is 11.3 Å². The molecule has 7 nitrogen and oxygen atoms in total. The van der Waals surface area contributed by atoms with E-state index in [2.05, 4.69) is 0 Å². The van der Waals surface area contributed by atoms with Gasteiger partial charge in [0.25, 0.3) is 0 Å². The molecule has 1 aromatic rings. The molecule has 1 aromatic heterocycles. The SMILES string of the molecule is CC(=O)OC1CN(Cc2cccs2)CC(OC(C)=O)C1OC(C)=O. The van der Waals surface area contributed by atoms with Crippen LogP contribution in [0.25, 0.3) is 0 Å². The lowest BCUT2D eigenvalue weighted by Gasteiger charge is -2.41. The number of rotatable bonds is 5. The first-order valence-corrected chi connectivity index (χ1v) is 8.49. The van der Waals surface area contributed by atoms with Crippen molar-refractivity contribution in [3.8, 4) is 0 Å². The number of esters is 3. The van der Waals surface area contributed by atoms with Crippen LogP contribution in [0.2, 0.25) is 0 Å². The summed E-state index contributed by atoms with van der Waals surface area (Å²) in [6, 6.07) is 3.96. The number of likely N-dealkylation sites (tertiary alicyclic amines) is 1. The molecule has 0 radical (unpaired) electrons.